The summed E-state index contributed by atoms with van der Waals surface area (Å²) in [7, 11) is -3.69. The predicted molar refractivity (Wildman–Crippen MR) is 86.1 cm³/mol. The molecule has 0 saturated heterocycles. The van der Waals surface area contributed by atoms with E-state index < -0.39 is 10.0 Å². The normalized spacial score (nSPS) is 11.4. The van der Waals surface area contributed by atoms with Gasteiger partial charge in [0.15, 0.2) is 0 Å². The first-order chi connectivity index (χ1) is 9.29. The monoisotopic (exact) mass is 393 g/mol. The topological polar surface area (TPSA) is 46.2 Å². The Labute approximate surface area is 136 Å². The average molecular weight is 395 g/mol. The molecule has 3 nitrogen and oxygen atoms in total. The van der Waals surface area contributed by atoms with Gasteiger partial charge >= 0.3 is 0 Å². The van der Waals surface area contributed by atoms with Crippen molar-refractivity contribution in [2.24, 2.45) is 0 Å². The van der Waals surface area contributed by atoms with E-state index in [9.17, 15) is 8.42 Å². The zero-order chi connectivity index (χ0) is 14.9. The summed E-state index contributed by atoms with van der Waals surface area (Å²) in [6.07, 6.45) is 0. The first-order valence-electron chi connectivity index (χ1n) is 5.53. The summed E-state index contributed by atoms with van der Waals surface area (Å²) in [5, 5.41) is 0.654. The van der Waals surface area contributed by atoms with Crippen LogP contribution in [0.1, 0.15) is 5.56 Å². The number of rotatable bonds is 3. The number of nitrogens with one attached hydrogen (secondary N) is 1. The lowest BCUT2D eigenvalue weighted by Crippen LogP contribution is -2.13. The smallest absolute Gasteiger partial charge is 0.263 e. The minimum absolute atomic E-state index is 0.161. The van der Waals surface area contributed by atoms with Crippen LogP contribution in [-0.4, -0.2) is 8.42 Å². The second kappa shape index (κ2) is 5.93. The molecule has 2 aromatic rings. The van der Waals surface area contributed by atoms with E-state index in [0.29, 0.717) is 15.2 Å². The lowest BCUT2D eigenvalue weighted by Gasteiger charge is -2.10. The van der Waals surface area contributed by atoms with Crippen LogP contribution < -0.4 is 4.72 Å². The first kappa shape index (κ1) is 15.6. The number of hydrogen-bond donors (Lipinski definition) is 1. The molecule has 20 heavy (non-hydrogen) atoms. The van der Waals surface area contributed by atoms with Crippen LogP contribution in [0.5, 0.6) is 0 Å². The summed E-state index contributed by atoms with van der Waals surface area (Å²) >= 11 is 14.9. The van der Waals surface area contributed by atoms with Gasteiger partial charge in [-0.25, -0.2) is 8.42 Å². The Bertz CT molecular complexity index is 763. The third-order valence-corrected chi connectivity index (χ3v) is 5.65. The molecule has 0 spiro atoms. The lowest BCUT2D eigenvalue weighted by molar-refractivity contribution is 0.600. The van der Waals surface area contributed by atoms with Gasteiger partial charge in [0.25, 0.3) is 10.0 Å². The summed E-state index contributed by atoms with van der Waals surface area (Å²) in [6.45, 7) is 1.88. The van der Waals surface area contributed by atoms with Crippen LogP contribution in [-0.2, 0) is 10.0 Å². The standard InChI is InChI=1S/C13H10BrCl2NO2S/c1-8-2-5-13(10(14)6-8)20(18,19)17-9-3-4-11(15)12(16)7-9/h2-7,17H,1H3. The molecular weight excluding hydrogens is 385 g/mol. The molecule has 0 heterocycles. The van der Waals surface area contributed by atoms with Gasteiger partial charge in [0.05, 0.1) is 15.7 Å². The molecule has 0 amide bonds. The van der Waals surface area contributed by atoms with Gasteiger partial charge in [0.1, 0.15) is 4.90 Å². The predicted octanol–water partition coefficient (Wildman–Crippen LogP) is 4.87. The lowest BCUT2D eigenvalue weighted by atomic mass is 10.2. The molecule has 0 aliphatic carbocycles. The van der Waals surface area contributed by atoms with Gasteiger partial charge in [-0.1, -0.05) is 29.3 Å². The Hall–Kier alpha value is -0.750. The van der Waals surface area contributed by atoms with Gasteiger partial charge in [-0.2, -0.15) is 0 Å². The Morgan fingerprint density at radius 1 is 1.05 bits per heavy atom. The van der Waals surface area contributed by atoms with Crippen molar-refractivity contribution < 1.29 is 8.42 Å². The summed E-state index contributed by atoms with van der Waals surface area (Å²) in [5.41, 5.74) is 1.32. The zero-order valence-electron chi connectivity index (χ0n) is 10.3. The van der Waals surface area contributed by atoms with Crippen molar-refractivity contribution in [1.82, 2.24) is 0 Å². The second-order valence-electron chi connectivity index (χ2n) is 4.17. The van der Waals surface area contributed by atoms with Crippen molar-refractivity contribution in [1.29, 1.82) is 0 Å². The van der Waals surface area contributed by atoms with E-state index in [1.54, 1.807) is 24.3 Å². The number of sulfonamides is 1. The van der Waals surface area contributed by atoms with E-state index >= 15 is 0 Å². The molecule has 0 fully saturated rings. The average Bonchev–Trinajstić information content (AvgIpc) is 2.33. The SMILES string of the molecule is Cc1ccc(S(=O)(=O)Nc2ccc(Cl)c(Cl)c2)c(Br)c1. The van der Waals surface area contributed by atoms with Crippen molar-refractivity contribution in [2.45, 2.75) is 11.8 Å². The van der Waals surface area contributed by atoms with Gasteiger partial charge in [-0.15, -0.1) is 0 Å². The highest BCUT2D eigenvalue weighted by Crippen LogP contribution is 2.28. The Morgan fingerprint density at radius 2 is 1.75 bits per heavy atom. The van der Waals surface area contributed by atoms with Crippen LogP contribution in [0.4, 0.5) is 5.69 Å². The van der Waals surface area contributed by atoms with Crippen LogP contribution in [0, 0.1) is 6.92 Å². The van der Waals surface area contributed by atoms with Crippen LogP contribution in [0.3, 0.4) is 0 Å². The van der Waals surface area contributed by atoms with Crippen molar-refractivity contribution in [3.63, 3.8) is 0 Å². The van der Waals surface area contributed by atoms with Gasteiger partial charge < -0.3 is 0 Å². The highest BCUT2D eigenvalue weighted by molar-refractivity contribution is 9.10. The Balaban J connectivity index is 2.38. The molecule has 2 aromatic carbocycles. The molecular formula is C13H10BrCl2NO2S. The highest BCUT2D eigenvalue weighted by atomic mass is 79.9. The first-order valence-corrected chi connectivity index (χ1v) is 8.57. The third-order valence-electron chi connectivity index (χ3n) is 2.55. The summed E-state index contributed by atoms with van der Waals surface area (Å²) in [4.78, 5) is 0.161. The quantitative estimate of drug-likeness (QED) is 0.807. The summed E-state index contributed by atoms with van der Waals surface area (Å²) in [6, 6.07) is 9.56. The third kappa shape index (κ3) is 3.47. The molecule has 0 unspecified atom stereocenters. The molecule has 0 aliphatic rings. The van der Waals surface area contributed by atoms with E-state index in [4.69, 9.17) is 23.2 Å². The second-order valence-corrected chi connectivity index (χ2v) is 7.49. The van der Waals surface area contributed by atoms with Crippen molar-refractivity contribution >= 4 is 54.8 Å². The molecule has 0 saturated carbocycles. The molecule has 1 N–H and O–H groups in total. The number of anilines is 1. The maximum absolute atomic E-state index is 12.3. The van der Waals surface area contributed by atoms with Crippen molar-refractivity contribution in [3.05, 3.63) is 56.5 Å². The number of aryl methyl sites for hydroxylation is 1. The molecule has 0 aromatic heterocycles. The van der Waals surface area contributed by atoms with Gasteiger partial charge in [-0.05, 0) is 58.7 Å². The highest BCUT2D eigenvalue weighted by Gasteiger charge is 2.18. The van der Waals surface area contributed by atoms with E-state index in [1.807, 2.05) is 6.92 Å². The largest absolute Gasteiger partial charge is 0.280 e. The number of halogens is 3. The maximum Gasteiger partial charge on any atom is 0.263 e. The van der Waals surface area contributed by atoms with Crippen LogP contribution in [0.25, 0.3) is 0 Å². The number of hydrogen-bond acceptors (Lipinski definition) is 2. The van der Waals surface area contributed by atoms with Gasteiger partial charge in [0.2, 0.25) is 0 Å². The maximum atomic E-state index is 12.3. The molecule has 7 heteroatoms. The van der Waals surface area contributed by atoms with Crippen molar-refractivity contribution in [3.8, 4) is 0 Å². The van der Waals surface area contributed by atoms with Crippen LogP contribution >= 0.6 is 39.1 Å². The Kier molecular flexibility index (Phi) is 4.64. The van der Waals surface area contributed by atoms with E-state index in [0.717, 1.165) is 5.56 Å². The van der Waals surface area contributed by atoms with Gasteiger partial charge in [0, 0.05) is 4.47 Å². The molecule has 2 rings (SSSR count). The van der Waals surface area contributed by atoms with E-state index in [2.05, 4.69) is 20.7 Å². The molecule has 0 aliphatic heterocycles. The minimum Gasteiger partial charge on any atom is -0.280 e. The van der Waals surface area contributed by atoms with E-state index in [1.165, 1.54) is 12.1 Å². The summed E-state index contributed by atoms with van der Waals surface area (Å²) in [5.74, 6) is 0. The molecule has 0 atom stereocenters. The van der Waals surface area contributed by atoms with Crippen LogP contribution in [0.15, 0.2) is 45.8 Å². The van der Waals surface area contributed by atoms with Gasteiger partial charge in [-0.3, -0.25) is 4.72 Å². The molecule has 0 radical (unpaired) electrons. The fourth-order valence-electron chi connectivity index (χ4n) is 1.59. The molecule has 106 valence electrons. The minimum atomic E-state index is -3.69. The number of benzene rings is 2. The fraction of sp³-hybridized carbons (Fsp3) is 0.0769. The molecule has 0 bridgehead atoms. The van der Waals surface area contributed by atoms with Crippen LogP contribution in [0.2, 0.25) is 10.0 Å². The Morgan fingerprint density at radius 3 is 2.35 bits per heavy atom. The zero-order valence-corrected chi connectivity index (χ0v) is 14.2. The fourth-order valence-corrected chi connectivity index (χ4v) is 4.13. The summed E-state index contributed by atoms with van der Waals surface area (Å²) < 4.78 is 27.6. The van der Waals surface area contributed by atoms with E-state index in [-0.39, 0.29) is 9.92 Å². The van der Waals surface area contributed by atoms with Crippen molar-refractivity contribution in [2.75, 3.05) is 4.72 Å².